The SMILES string of the molecule is Nc1ccc(S(=O)(=O)Nc2ccc([N+](=O)[O-])cc2)cn1. The number of nitrogens with one attached hydrogen (secondary N) is 1. The third-order valence-electron chi connectivity index (χ3n) is 2.40. The number of pyridine rings is 1. The Labute approximate surface area is 114 Å². The summed E-state index contributed by atoms with van der Waals surface area (Å²) in [7, 11) is -3.80. The van der Waals surface area contributed by atoms with E-state index >= 15 is 0 Å². The summed E-state index contributed by atoms with van der Waals surface area (Å²) in [5, 5.41) is 10.5. The molecule has 0 spiro atoms. The molecule has 1 aromatic carbocycles. The minimum Gasteiger partial charge on any atom is -0.384 e. The van der Waals surface area contributed by atoms with E-state index in [-0.39, 0.29) is 22.1 Å². The van der Waals surface area contributed by atoms with E-state index in [0.29, 0.717) is 0 Å². The zero-order valence-electron chi connectivity index (χ0n) is 10.1. The van der Waals surface area contributed by atoms with Gasteiger partial charge in [0.1, 0.15) is 10.7 Å². The minimum absolute atomic E-state index is 0.0509. The number of nitrogens with two attached hydrogens (primary N) is 1. The van der Waals surface area contributed by atoms with Crippen LogP contribution < -0.4 is 10.5 Å². The molecule has 0 amide bonds. The van der Waals surface area contributed by atoms with Crippen LogP contribution in [0.25, 0.3) is 0 Å². The fraction of sp³-hybridized carbons (Fsp3) is 0. The van der Waals surface area contributed by atoms with Gasteiger partial charge < -0.3 is 5.73 Å². The number of nitro groups is 1. The molecular weight excluding hydrogens is 284 g/mol. The second-order valence-electron chi connectivity index (χ2n) is 3.83. The molecular formula is C11H10N4O4S. The quantitative estimate of drug-likeness (QED) is 0.647. The van der Waals surface area contributed by atoms with Crippen LogP contribution in [0.4, 0.5) is 17.2 Å². The van der Waals surface area contributed by atoms with Gasteiger partial charge in [-0.2, -0.15) is 0 Å². The standard InChI is InChI=1S/C11H10N4O4S/c12-11-6-5-10(7-13-11)20(18,19)14-8-1-3-9(4-2-8)15(16)17/h1-7,14H,(H2,12,13). The highest BCUT2D eigenvalue weighted by Gasteiger charge is 2.15. The number of nitrogen functional groups attached to an aromatic ring is 1. The van der Waals surface area contributed by atoms with Gasteiger partial charge in [0, 0.05) is 24.0 Å². The summed E-state index contributed by atoms with van der Waals surface area (Å²) in [6.07, 6.45) is 1.13. The van der Waals surface area contributed by atoms with Crippen LogP contribution in [0.15, 0.2) is 47.5 Å². The van der Waals surface area contributed by atoms with Crippen molar-refractivity contribution in [2.24, 2.45) is 0 Å². The maximum Gasteiger partial charge on any atom is 0.269 e. The largest absolute Gasteiger partial charge is 0.384 e. The van der Waals surface area contributed by atoms with Gasteiger partial charge in [0.2, 0.25) is 0 Å². The summed E-state index contributed by atoms with van der Waals surface area (Å²) < 4.78 is 26.3. The third-order valence-corrected chi connectivity index (χ3v) is 3.77. The molecule has 20 heavy (non-hydrogen) atoms. The molecule has 104 valence electrons. The van der Waals surface area contributed by atoms with Crippen LogP contribution in [0.5, 0.6) is 0 Å². The molecule has 0 saturated heterocycles. The normalized spacial score (nSPS) is 11.0. The molecule has 2 aromatic rings. The van der Waals surface area contributed by atoms with E-state index in [4.69, 9.17) is 5.73 Å². The molecule has 0 unspecified atom stereocenters. The number of hydrogen-bond acceptors (Lipinski definition) is 6. The van der Waals surface area contributed by atoms with Crippen molar-refractivity contribution in [2.45, 2.75) is 4.90 Å². The van der Waals surface area contributed by atoms with E-state index in [1.165, 1.54) is 36.4 Å². The van der Waals surface area contributed by atoms with Crippen molar-refractivity contribution in [1.82, 2.24) is 4.98 Å². The second kappa shape index (κ2) is 5.13. The molecule has 0 aliphatic rings. The van der Waals surface area contributed by atoms with Crippen LogP contribution in [0, 0.1) is 10.1 Å². The molecule has 8 nitrogen and oxygen atoms in total. The van der Waals surface area contributed by atoms with Crippen LogP contribution in [-0.2, 0) is 10.0 Å². The number of rotatable bonds is 4. The van der Waals surface area contributed by atoms with Crippen LogP contribution in [0.1, 0.15) is 0 Å². The van der Waals surface area contributed by atoms with E-state index in [1.807, 2.05) is 0 Å². The Bertz CT molecular complexity index is 726. The van der Waals surface area contributed by atoms with Crippen molar-refractivity contribution < 1.29 is 13.3 Å². The van der Waals surface area contributed by atoms with Gasteiger partial charge in [-0.3, -0.25) is 14.8 Å². The van der Waals surface area contributed by atoms with Crippen molar-refractivity contribution in [3.05, 3.63) is 52.7 Å². The lowest BCUT2D eigenvalue weighted by molar-refractivity contribution is -0.384. The van der Waals surface area contributed by atoms with E-state index in [2.05, 4.69) is 9.71 Å². The van der Waals surface area contributed by atoms with Crippen LogP contribution in [0.2, 0.25) is 0 Å². The zero-order valence-corrected chi connectivity index (χ0v) is 10.9. The van der Waals surface area contributed by atoms with E-state index in [9.17, 15) is 18.5 Å². The first kappa shape index (κ1) is 13.7. The van der Waals surface area contributed by atoms with Gasteiger partial charge >= 0.3 is 0 Å². The highest BCUT2D eigenvalue weighted by Crippen LogP contribution is 2.19. The highest BCUT2D eigenvalue weighted by atomic mass is 32.2. The van der Waals surface area contributed by atoms with E-state index in [0.717, 1.165) is 6.20 Å². The Kier molecular flexibility index (Phi) is 3.53. The number of nitro benzene ring substituents is 1. The summed E-state index contributed by atoms with van der Waals surface area (Å²) in [5.74, 6) is 0.208. The molecule has 1 heterocycles. The molecule has 0 aliphatic heterocycles. The first-order valence-corrected chi connectivity index (χ1v) is 6.85. The Morgan fingerprint density at radius 1 is 1.15 bits per heavy atom. The maximum atomic E-state index is 12.0. The summed E-state index contributed by atoms with van der Waals surface area (Å²) in [5.41, 5.74) is 5.47. The topological polar surface area (TPSA) is 128 Å². The summed E-state index contributed by atoms with van der Waals surface area (Å²) in [6.45, 7) is 0. The molecule has 9 heteroatoms. The predicted molar refractivity (Wildman–Crippen MR) is 72.6 cm³/mol. The van der Waals surface area contributed by atoms with Crippen molar-refractivity contribution >= 4 is 27.2 Å². The number of aromatic nitrogens is 1. The van der Waals surface area contributed by atoms with Gasteiger partial charge in [-0.1, -0.05) is 0 Å². The monoisotopic (exact) mass is 294 g/mol. The van der Waals surface area contributed by atoms with Crippen LogP contribution in [0.3, 0.4) is 0 Å². The van der Waals surface area contributed by atoms with Crippen molar-refractivity contribution in [2.75, 3.05) is 10.5 Å². The lowest BCUT2D eigenvalue weighted by Crippen LogP contribution is -2.13. The second-order valence-corrected chi connectivity index (χ2v) is 5.51. The molecule has 1 aromatic heterocycles. The molecule has 3 N–H and O–H groups in total. The summed E-state index contributed by atoms with van der Waals surface area (Å²) in [6, 6.07) is 7.71. The maximum absolute atomic E-state index is 12.0. The smallest absolute Gasteiger partial charge is 0.269 e. The Hall–Kier alpha value is -2.68. The molecule has 0 saturated carbocycles. The van der Waals surface area contributed by atoms with Gasteiger partial charge in [-0.05, 0) is 24.3 Å². The molecule has 2 rings (SSSR count). The number of hydrogen-bond donors (Lipinski definition) is 2. The Morgan fingerprint density at radius 3 is 2.30 bits per heavy atom. The molecule has 0 atom stereocenters. The van der Waals surface area contributed by atoms with Crippen molar-refractivity contribution in [1.29, 1.82) is 0 Å². The van der Waals surface area contributed by atoms with Gasteiger partial charge in [-0.25, -0.2) is 13.4 Å². The average molecular weight is 294 g/mol. The third kappa shape index (κ3) is 3.01. The number of nitrogens with zero attached hydrogens (tertiary/aromatic N) is 2. The zero-order chi connectivity index (χ0) is 14.8. The Morgan fingerprint density at radius 2 is 1.80 bits per heavy atom. The lowest BCUT2D eigenvalue weighted by Gasteiger charge is -2.07. The van der Waals surface area contributed by atoms with E-state index in [1.54, 1.807) is 0 Å². The fourth-order valence-electron chi connectivity index (χ4n) is 1.42. The molecule has 0 fully saturated rings. The summed E-state index contributed by atoms with van der Waals surface area (Å²) >= 11 is 0. The first-order chi connectivity index (χ1) is 9.38. The number of sulfonamides is 1. The van der Waals surface area contributed by atoms with Gasteiger partial charge in [0.05, 0.1) is 4.92 Å². The van der Waals surface area contributed by atoms with E-state index < -0.39 is 14.9 Å². The van der Waals surface area contributed by atoms with Gasteiger partial charge in [-0.15, -0.1) is 0 Å². The number of non-ortho nitro benzene ring substituents is 1. The minimum atomic E-state index is -3.80. The average Bonchev–Trinajstić information content (AvgIpc) is 2.39. The van der Waals surface area contributed by atoms with Gasteiger partial charge in [0.15, 0.2) is 0 Å². The molecule has 0 aliphatic carbocycles. The highest BCUT2D eigenvalue weighted by molar-refractivity contribution is 7.92. The van der Waals surface area contributed by atoms with Crippen LogP contribution >= 0.6 is 0 Å². The fourth-order valence-corrected chi connectivity index (χ4v) is 2.42. The predicted octanol–water partition coefficient (Wildman–Crippen LogP) is 1.37. The lowest BCUT2D eigenvalue weighted by atomic mass is 10.3. The molecule has 0 radical (unpaired) electrons. The number of benzene rings is 1. The Balaban J connectivity index is 2.24. The summed E-state index contributed by atoms with van der Waals surface area (Å²) in [4.78, 5) is 13.6. The van der Waals surface area contributed by atoms with Crippen LogP contribution in [-0.4, -0.2) is 18.3 Å². The van der Waals surface area contributed by atoms with Gasteiger partial charge in [0.25, 0.3) is 15.7 Å². The number of anilines is 2. The van der Waals surface area contributed by atoms with Crippen molar-refractivity contribution in [3.63, 3.8) is 0 Å². The molecule has 0 bridgehead atoms. The van der Waals surface area contributed by atoms with Crippen molar-refractivity contribution in [3.8, 4) is 0 Å². The first-order valence-electron chi connectivity index (χ1n) is 5.37.